The fourth-order valence-corrected chi connectivity index (χ4v) is 5.56. The lowest BCUT2D eigenvalue weighted by molar-refractivity contribution is 0.182. The zero-order valence-electron chi connectivity index (χ0n) is 22.6. The van der Waals surface area contributed by atoms with Crippen LogP contribution in [0.25, 0.3) is 10.8 Å². The molecule has 1 unspecified atom stereocenters. The van der Waals surface area contributed by atoms with E-state index in [9.17, 15) is 0 Å². The molecule has 198 valence electrons. The van der Waals surface area contributed by atoms with Crippen molar-refractivity contribution >= 4 is 22.3 Å². The second kappa shape index (κ2) is 11.6. The number of hydrogen-bond donors (Lipinski definition) is 1. The Morgan fingerprint density at radius 3 is 2.41 bits per heavy atom. The number of piperidine rings is 1. The van der Waals surface area contributed by atoms with Crippen molar-refractivity contribution in [2.24, 2.45) is 0 Å². The maximum atomic E-state index is 5.47. The first-order chi connectivity index (χ1) is 18.0. The summed E-state index contributed by atoms with van der Waals surface area (Å²) in [6, 6.07) is 16.3. The Labute approximate surface area is 220 Å². The molecule has 1 aromatic heterocycles. The molecule has 8 nitrogen and oxygen atoms in total. The molecule has 2 aromatic carbocycles. The van der Waals surface area contributed by atoms with Crippen molar-refractivity contribution in [3.05, 3.63) is 53.7 Å². The smallest absolute Gasteiger partial charge is 0.156 e. The number of likely N-dealkylation sites (N-methyl/N-ethyl adjacent to an activating group) is 1. The molecule has 2 aliphatic heterocycles. The molecule has 0 spiro atoms. The molecule has 0 amide bonds. The van der Waals surface area contributed by atoms with Crippen LogP contribution in [0.3, 0.4) is 0 Å². The van der Waals surface area contributed by atoms with Crippen molar-refractivity contribution in [2.45, 2.75) is 44.5 Å². The van der Waals surface area contributed by atoms with E-state index in [1.165, 1.54) is 17.7 Å². The first-order valence-electron chi connectivity index (χ1n) is 13.4. The zero-order chi connectivity index (χ0) is 25.8. The molecular weight excluding hydrogens is 464 g/mol. The number of fused-ring (bicyclic) bond motifs is 1. The molecule has 0 radical (unpaired) electrons. The van der Waals surface area contributed by atoms with Gasteiger partial charge in [-0.25, -0.2) is 0 Å². The van der Waals surface area contributed by atoms with E-state index in [0.717, 1.165) is 73.6 Å². The number of rotatable bonds is 9. The van der Waals surface area contributed by atoms with E-state index in [0.29, 0.717) is 18.7 Å². The number of benzene rings is 2. The topological polar surface area (TPSA) is 66.0 Å². The molecule has 3 aromatic rings. The van der Waals surface area contributed by atoms with Crippen molar-refractivity contribution in [1.82, 2.24) is 20.0 Å². The highest BCUT2D eigenvalue weighted by atomic mass is 16.5. The third kappa shape index (κ3) is 5.98. The molecule has 2 aliphatic rings. The number of methoxy groups -OCH3 is 2. The van der Waals surface area contributed by atoms with Gasteiger partial charge in [0.15, 0.2) is 5.82 Å². The fourth-order valence-electron chi connectivity index (χ4n) is 5.56. The summed E-state index contributed by atoms with van der Waals surface area (Å²) in [5, 5.41) is 14.7. The molecule has 37 heavy (non-hydrogen) atoms. The lowest BCUT2D eigenvalue weighted by Gasteiger charge is -2.33. The third-order valence-electron chi connectivity index (χ3n) is 7.87. The molecule has 1 N–H and O–H groups in total. The van der Waals surface area contributed by atoms with Crippen molar-refractivity contribution < 1.29 is 9.47 Å². The van der Waals surface area contributed by atoms with Crippen LogP contribution in [-0.2, 0) is 17.9 Å². The number of nitrogens with one attached hydrogen (secondary N) is 1. The maximum absolute atomic E-state index is 5.47. The summed E-state index contributed by atoms with van der Waals surface area (Å²) in [6.07, 6.45) is 3.39. The summed E-state index contributed by atoms with van der Waals surface area (Å²) < 4.78 is 10.8. The first kappa shape index (κ1) is 25.7. The van der Waals surface area contributed by atoms with Gasteiger partial charge in [-0.1, -0.05) is 12.1 Å². The van der Waals surface area contributed by atoms with E-state index >= 15 is 0 Å². The molecule has 8 heteroatoms. The van der Waals surface area contributed by atoms with Gasteiger partial charge in [-0.05, 0) is 69.3 Å². The number of likely N-dealkylation sites (tertiary alicyclic amines) is 1. The van der Waals surface area contributed by atoms with E-state index in [4.69, 9.17) is 9.47 Å². The zero-order valence-corrected chi connectivity index (χ0v) is 22.6. The number of aromatic nitrogens is 2. The maximum Gasteiger partial charge on any atom is 0.156 e. The SMILES string of the molecule is COCc1nnc(NC2CCN(Cc3ccc(N4CCC(N(C)C)C4)cc3)CC2)c2cc(OC)ccc12. The lowest BCUT2D eigenvalue weighted by Crippen LogP contribution is -2.38. The van der Waals surface area contributed by atoms with E-state index in [1.807, 2.05) is 18.2 Å². The van der Waals surface area contributed by atoms with Crippen LogP contribution in [0.2, 0.25) is 0 Å². The summed E-state index contributed by atoms with van der Waals surface area (Å²) in [5.41, 5.74) is 3.57. The highest BCUT2D eigenvalue weighted by molar-refractivity contribution is 5.94. The standard InChI is InChI=1S/C29H40N6O2/c1-33(2)24-13-16-35(19-24)23-7-5-21(6-8-23)18-34-14-11-22(12-15-34)30-29-27-17-25(37-4)9-10-26(27)28(20-36-3)31-32-29/h5-10,17,22,24H,11-16,18-20H2,1-4H3,(H,30,32). The average molecular weight is 505 g/mol. The van der Waals surface area contributed by atoms with E-state index < -0.39 is 0 Å². The van der Waals surface area contributed by atoms with Gasteiger partial charge in [0.05, 0.1) is 19.4 Å². The van der Waals surface area contributed by atoms with Crippen molar-refractivity contribution in [2.75, 3.05) is 64.7 Å². The van der Waals surface area contributed by atoms with Crippen LogP contribution in [0.5, 0.6) is 5.75 Å². The minimum atomic E-state index is 0.371. The quantitative estimate of drug-likeness (QED) is 0.469. The van der Waals surface area contributed by atoms with Crippen LogP contribution < -0.4 is 15.0 Å². The highest BCUT2D eigenvalue weighted by Crippen LogP contribution is 2.29. The number of ether oxygens (including phenoxy) is 2. The molecule has 2 saturated heterocycles. The fraction of sp³-hybridized carbons (Fsp3) is 0.517. The third-order valence-corrected chi connectivity index (χ3v) is 7.87. The Hall–Kier alpha value is -2.94. The Morgan fingerprint density at radius 2 is 1.73 bits per heavy atom. The van der Waals surface area contributed by atoms with Crippen LogP contribution in [0, 0.1) is 0 Å². The molecular formula is C29H40N6O2. The Bertz CT molecular complexity index is 1180. The summed E-state index contributed by atoms with van der Waals surface area (Å²) in [6.45, 7) is 5.82. The molecule has 0 bridgehead atoms. The normalized spacial score (nSPS) is 19.2. The Morgan fingerprint density at radius 1 is 0.946 bits per heavy atom. The largest absolute Gasteiger partial charge is 0.497 e. The predicted octanol–water partition coefficient (Wildman–Crippen LogP) is 4.00. The monoisotopic (exact) mass is 504 g/mol. The van der Waals surface area contributed by atoms with E-state index in [2.05, 4.69) is 68.6 Å². The number of hydrogen-bond acceptors (Lipinski definition) is 8. The Balaban J connectivity index is 1.17. The summed E-state index contributed by atoms with van der Waals surface area (Å²) >= 11 is 0. The van der Waals surface area contributed by atoms with Crippen molar-refractivity contribution in [3.8, 4) is 5.75 Å². The van der Waals surface area contributed by atoms with Crippen LogP contribution >= 0.6 is 0 Å². The van der Waals surface area contributed by atoms with Gasteiger partial charge in [-0.2, -0.15) is 5.10 Å². The summed E-state index contributed by atoms with van der Waals surface area (Å²) in [4.78, 5) is 7.41. The van der Waals surface area contributed by atoms with E-state index in [1.54, 1.807) is 14.2 Å². The second-order valence-corrected chi connectivity index (χ2v) is 10.6. The Kier molecular flexibility index (Phi) is 8.08. The summed E-state index contributed by atoms with van der Waals surface area (Å²) in [7, 11) is 7.73. The van der Waals surface area contributed by atoms with Crippen molar-refractivity contribution in [1.29, 1.82) is 0 Å². The van der Waals surface area contributed by atoms with Gasteiger partial charge >= 0.3 is 0 Å². The minimum absolute atomic E-state index is 0.371. The molecule has 2 fully saturated rings. The second-order valence-electron chi connectivity index (χ2n) is 10.6. The minimum Gasteiger partial charge on any atom is -0.497 e. The lowest BCUT2D eigenvalue weighted by atomic mass is 10.0. The molecule has 0 aliphatic carbocycles. The van der Waals surface area contributed by atoms with Crippen molar-refractivity contribution in [3.63, 3.8) is 0 Å². The molecule has 1 atom stereocenters. The summed E-state index contributed by atoms with van der Waals surface area (Å²) in [5.74, 6) is 1.64. The van der Waals surface area contributed by atoms with Crippen LogP contribution in [0.1, 0.15) is 30.5 Å². The first-order valence-corrected chi connectivity index (χ1v) is 13.4. The predicted molar refractivity (Wildman–Crippen MR) is 149 cm³/mol. The van der Waals surface area contributed by atoms with Gasteiger partial charge in [0.1, 0.15) is 5.75 Å². The van der Waals surface area contributed by atoms with Gasteiger partial charge in [0, 0.05) is 68.4 Å². The van der Waals surface area contributed by atoms with Gasteiger partial charge in [-0.15, -0.1) is 5.10 Å². The number of nitrogens with zero attached hydrogens (tertiary/aromatic N) is 5. The van der Waals surface area contributed by atoms with Crippen LogP contribution in [-0.4, -0.2) is 86.6 Å². The highest BCUT2D eigenvalue weighted by Gasteiger charge is 2.24. The van der Waals surface area contributed by atoms with Gasteiger partial charge in [-0.3, -0.25) is 4.90 Å². The average Bonchev–Trinajstić information content (AvgIpc) is 3.42. The van der Waals surface area contributed by atoms with Gasteiger partial charge in [0.25, 0.3) is 0 Å². The van der Waals surface area contributed by atoms with Crippen LogP contribution in [0.4, 0.5) is 11.5 Å². The molecule has 3 heterocycles. The molecule has 0 saturated carbocycles. The van der Waals surface area contributed by atoms with Gasteiger partial charge in [0.2, 0.25) is 0 Å². The van der Waals surface area contributed by atoms with Gasteiger partial charge < -0.3 is 24.6 Å². The van der Waals surface area contributed by atoms with Crippen LogP contribution in [0.15, 0.2) is 42.5 Å². The number of anilines is 2. The van der Waals surface area contributed by atoms with E-state index in [-0.39, 0.29) is 0 Å². The molecule has 5 rings (SSSR count).